The van der Waals surface area contributed by atoms with Gasteiger partial charge in [0.1, 0.15) is 5.56 Å². The van der Waals surface area contributed by atoms with E-state index in [1.807, 2.05) is 0 Å². The van der Waals surface area contributed by atoms with Crippen LogP contribution in [0.4, 0.5) is 0 Å². The monoisotopic (exact) mass is 377 g/mol. The molecule has 0 N–H and O–H groups in total. The maximum absolute atomic E-state index is 13.1. The summed E-state index contributed by atoms with van der Waals surface area (Å²) >= 11 is 6.15. The third kappa shape index (κ3) is 3.38. The summed E-state index contributed by atoms with van der Waals surface area (Å²) in [5, 5.41) is 0.269. The molecule has 0 radical (unpaired) electrons. The van der Waals surface area contributed by atoms with Crippen molar-refractivity contribution in [2.45, 2.75) is 6.54 Å². The van der Waals surface area contributed by atoms with E-state index in [-0.39, 0.29) is 16.1 Å². The summed E-state index contributed by atoms with van der Waals surface area (Å²) in [5.74, 6) is -0.477. The molecule has 1 aliphatic rings. The van der Waals surface area contributed by atoms with Crippen LogP contribution in [0.1, 0.15) is 21.6 Å². The van der Waals surface area contributed by atoms with Crippen LogP contribution < -0.4 is 11.2 Å². The number of halogens is 1. The van der Waals surface area contributed by atoms with E-state index in [0.717, 1.165) is 4.57 Å². The second-order valence-electron chi connectivity index (χ2n) is 6.22. The molecule has 2 heterocycles. The van der Waals surface area contributed by atoms with Crippen molar-refractivity contribution in [3.8, 4) is 0 Å². The van der Waals surface area contributed by atoms with E-state index in [0.29, 0.717) is 38.5 Å². The van der Waals surface area contributed by atoms with Crippen LogP contribution in [0.25, 0.3) is 0 Å². The molecular formula is C18H20ClN3O4. The summed E-state index contributed by atoms with van der Waals surface area (Å²) in [5.41, 5.74) is -0.456. The van der Waals surface area contributed by atoms with Crippen molar-refractivity contribution in [1.82, 2.24) is 14.0 Å². The van der Waals surface area contributed by atoms with Crippen molar-refractivity contribution in [2.75, 3.05) is 26.3 Å². The van der Waals surface area contributed by atoms with Gasteiger partial charge in [-0.1, -0.05) is 23.7 Å². The Labute approximate surface area is 155 Å². The summed E-state index contributed by atoms with van der Waals surface area (Å²) in [6, 6.07) is 6.58. The van der Waals surface area contributed by atoms with E-state index in [9.17, 15) is 14.4 Å². The highest BCUT2D eigenvalue weighted by Crippen LogP contribution is 2.20. The highest BCUT2D eigenvalue weighted by Gasteiger charge is 2.26. The third-order valence-corrected chi connectivity index (χ3v) is 4.94. The Kier molecular flexibility index (Phi) is 5.41. The summed E-state index contributed by atoms with van der Waals surface area (Å²) < 4.78 is 7.65. The molecule has 1 aromatic carbocycles. The van der Waals surface area contributed by atoms with Gasteiger partial charge < -0.3 is 4.74 Å². The van der Waals surface area contributed by atoms with E-state index >= 15 is 0 Å². The van der Waals surface area contributed by atoms with Crippen LogP contribution in [-0.4, -0.2) is 46.1 Å². The van der Waals surface area contributed by atoms with Gasteiger partial charge in [-0.3, -0.25) is 23.6 Å². The maximum atomic E-state index is 13.1. The van der Waals surface area contributed by atoms with Gasteiger partial charge in [-0.05, 0) is 12.1 Å². The minimum Gasteiger partial charge on any atom is -0.379 e. The standard InChI is InChI=1S/C18H20ClN3O4/c1-20-14(11-22-7-9-26-10-8-22)15(17(24)21(2)18(20)25)16(23)12-5-3-4-6-13(12)19/h3-6H,7-11H2,1-2H3. The number of hydrogen-bond donors (Lipinski definition) is 0. The lowest BCUT2D eigenvalue weighted by Crippen LogP contribution is -2.45. The molecule has 3 rings (SSSR count). The first kappa shape index (κ1) is 18.6. The largest absolute Gasteiger partial charge is 0.379 e. The summed E-state index contributed by atoms with van der Waals surface area (Å²) in [4.78, 5) is 40.3. The summed E-state index contributed by atoms with van der Waals surface area (Å²) in [6.07, 6.45) is 0. The number of benzene rings is 1. The van der Waals surface area contributed by atoms with Gasteiger partial charge >= 0.3 is 5.69 Å². The van der Waals surface area contributed by atoms with Gasteiger partial charge in [-0.25, -0.2) is 4.79 Å². The molecule has 8 heteroatoms. The predicted molar refractivity (Wildman–Crippen MR) is 97.9 cm³/mol. The minimum absolute atomic E-state index is 0.0193. The lowest BCUT2D eigenvalue weighted by molar-refractivity contribution is 0.0329. The normalized spacial score (nSPS) is 15.2. The molecule has 1 aliphatic heterocycles. The highest BCUT2D eigenvalue weighted by atomic mass is 35.5. The van der Waals surface area contributed by atoms with Crippen LogP contribution in [0.2, 0.25) is 5.02 Å². The SMILES string of the molecule is Cn1c(CN2CCOCC2)c(C(=O)c2ccccc2Cl)c(=O)n(C)c1=O. The van der Waals surface area contributed by atoms with Crippen LogP contribution in [0.15, 0.2) is 33.9 Å². The van der Waals surface area contributed by atoms with Gasteiger partial charge in [0.2, 0.25) is 5.78 Å². The number of hydrogen-bond acceptors (Lipinski definition) is 5. The van der Waals surface area contributed by atoms with Crippen molar-refractivity contribution in [3.05, 3.63) is 66.9 Å². The molecule has 0 saturated carbocycles. The Hall–Kier alpha value is -2.22. The first-order chi connectivity index (χ1) is 12.4. The zero-order valence-electron chi connectivity index (χ0n) is 14.7. The van der Waals surface area contributed by atoms with Crippen molar-refractivity contribution >= 4 is 17.4 Å². The summed E-state index contributed by atoms with van der Waals surface area (Å²) in [7, 11) is 2.94. The first-order valence-corrected chi connectivity index (χ1v) is 8.68. The van der Waals surface area contributed by atoms with Gasteiger partial charge in [0, 0.05) is 39.3 Å². The van der Waals surface area contributed by atoms with Crippen LogP contribution in [-0.2, 0) is 25.4 Å². The van der Waals surface area contributed by atoms with Crippen molar-refractivity contribution in [3.63, 3.8) is 0 Å². The minimum atomic E-state index is -0.610. The fourth-order valence-electron chi connectivity index (χ4n) is 3.05. The van der Waals surface area contributed by atoms with Crippen LogP contribution in [0.5, 0.6) is 0 Å². The number of ether oxygens (including phenoxy) is 1. The van der Waals surface area contributed by atoms with Gasteiger partial charge in [0.25, 0.3) is 5.56 Å². The fourth-order valence-corrected chi connectivity index (χ4v) is 3.27. The van der Waals surface area contributed by atoms with E-state index in [2.05, 4.69) is 4.90 Å². The third-order valence-electron chi connectivity index (χ3n) is 4.61. The molecule has 0 amide bonds. The molecule has 0 spiro atoms. The number of morpholine rings is 1. The lowest BCUT2D eigenvalue weighted by atomic mass is 10.0. The molecule has 0 bridgehead atoms. The van der Waals surface area contributed by atoms with Crippen molar-refractivity contribution < 1.29 is 9.53 Å². The Morgan fingerprint density at radius 3 is 2.42 bits per heavy atom. The molecule has 0 aliphatic carbocycles. The van der Waals surface area contributed by atoms with Gasteiger partial charge in [0.05, 0.1) is 23.9 Å². The summed E-state index contributed by atoms with van der Waals surface area (Å²) in [6.45, 7) is 2.81. The number of carbonyl (C=O) groups excluding carboxylic acids is 1. The predicted octanol–water partition coefficient (Wildman–Crippen LogP) is 0.801. The Bertz CT molecular complexity index is 958. The molecule has 26 heavy (non-hydrogen) atoms. The Balaban J connectivity index is 2.16. The highest BCUT2D eigenvalue weighted by molar-refractivity contribution is 6.35. The van der Waals surface area contributed by atoms with Gasteiger partial charge in [-0.15, -0.1) is 0 Å². The average molecular weight is 378 g/mol. The van der Waals surface area contributed by atoms with Gasteiger partial charge in [-0.2, -0.15) is 0 Å². The van der Waals surface area contributed by atoms with Crippen LogP contribution >= 0.6 is 11.6 Å². The van der Waals surface area contributed by atoms with E-state index in [1.54, 1.807) is 31.3 Å². The lowest BCUT2D eigenvalue weighted by Gasteiger charge is -2.28. The number of aromatic nitrogens is 2. The average Bonchev–Trinajstić information content (AvgIpc) is 2.65. The number of ketones is 1. The zero-order chi connectivity index (χ0) is 18.8. The topological polar surface area (TPSA) is 73.5 Å². The quantitative estimate of drug-likeness (QED) is 0.737. The molecule has 1 saturated heterocycles. The maximum Gasteiger partial charge on any atom is 0.330 e. The molecule has 0 atom stereocenters. The van der Waals surface area contributed by atoms with E-state index in [1.165, 1.54) is 11.6 Å². The smallest absolute Gasteiger partial charge is 0.330 e. The second-order valence-corrected chi connectivity index (χ2v) is 6.63. The zero-order valence-corrected chi connectivity index (χ0v) is 15.5. The molecule has 7 nitrogen and oxygen atoms in total. The number of rotatable bonds is 4. The first-order valence-electron chi connectivity index (χ1n) is 8.30. The molecule has 1 fully saturated rings. The van der Waals surface area contributed by atoms with E-state index < -0.39 is 17.0 Å². The van der Waals surface area contributed by atoms with Crippen LogP contribution in [0, 0.1) is 0 Å². The molecule has 0 unspecified atom stereocenters. The Morgan fingerprint density at radius 2 is 1.77 bits per heavy atom. The molecule has 138 valence electrons. The van der Waals surface area contributed by atoms with E-state index in [4.69, 9.17) is 16.3 Å². The van der Waals surface area contributed by atoms with Gasteiger partial charge in [0.15, 0.2) is 0 Å². The van der Waals surface area contributed by atoms with Crippen LogP contribution in [0.3, 0.4) is 0 Å². The fraction of sp³-hybridized carbons (Fsp3) is 0.389. The van der Waals surface area contributed by atoms with Crippen molar-refractivity contribution in [2.24, 2.45) is 14.1 Å². The molecule has 1 aromatic heterocycles. The Morgan fingerprint density at radius 1 is 1.12 bits per heavy atom. The molecule has 2 aromatic rings. The molecular weight excluding hydrogens is 358 g/mol. The second kappa shape index (κ2) is 7.57. The number of nitrogens with zero attached hydrogens (tertiary/aromatic N) is 3. The van der Waals surface area contributed by atoms with Crippen molar-refractivity contribution in [1.29, 1.82) is 0 Å². The number of carbonyl (C=O) groups is 1.